The Morgan fingerprint density at radius 2 is 1.94 bits per heavy atom. The quantitative estimate of drug-likeness (QED) is 0.613. The summed E-state index contributed by atoms with van der Waals surface area (Å²) in [6.07, 6.45) is 2.89. The van der Waals surface area contributed by atoms with E-state index in [1.54, 1.807) is 12.1 Å². The van der Waals surface area contributed by atoms with Gasteiger partial charge in [0.2, 0.25) is 0 Å². The normalized spacial score (nSPS) is 9.78. The highest BCUT2D eigenvalue weighted by molar-refractivity contribution is 6.34. The summed E-state index contributed by atoms with van der Waals surface area (Å²) < 4.78 is 0. The standard InChI is InChI=1S/C12H6ClN3O2/c13-12-9(5-14)6-15-7-11(12)8-1-3-10(4-2-8)16(17)18/h1-4,6-7H. The van der Waals surface area contributed by atoms with Gasteiger partial charge in [0.05, 0.1) is 15.5 Å². The lowest BCUT2D eigenvalue weighted by Gasteiger charge is -2.04. The lowest BCUT2D eigenvalue weighted by Crippen LogP contribution is -1.89. The van der Waals surface area contributed by atoms with Crippen LogP contribution in [0.25, 0.3) is 11.1 Å². The number of benzene rings is 1. The SMILES string of the molecule is N#Cc1cncc(-c2ccc([N+](=O)[O-])cc2)c1Cl. The summed E-state index contributed by atoms with van der Waals surface area (Å²) in [4.78, 5) is 14.0. The van der Waals surface area contributed by atoms with Gasteiger partial charge in [0, 0.05) is 30.1 Å². The zero-order chi connectivity index (χ0) is 13.1. The minimum atomic E-state index is -0.477. The minimum absolute atomic E-state index is 0.000676. The molecule has 0 saturated heterocycles. The van der Waals surface area contributed by atoms with Crippen molar-refractivity contribution in [2.24, 2.45) is 0 Å². The Hall–Kier alpha value is -2.45. The topological polar surface area (TPSA) is 79.8 Å². The molecule has 0 fully saturated rings. The Labute approximate surface area is 107 Å². The van der Waals surface area contributed by atoms with Crippen molar-refractivity contribution in [3.05, 3.63) is 57.4 Å². The van der Waals surface area contributed by atoms with Crippen LogP contribution in [0, 0.1) is 21.4 Å². The first-order valence-electron chi connectivity index (χ1n) is 4.92. The van der Waals surface area contributed by atoms with Gasteiger partial charge in [-0.3, -0.25) is 15.1 Å². The summed E-state index contributed by atoms with van der Waals surface area (Å²) in [6, 6.07) is 7.83. The summed E-state index contributed by atoms with van der Waals surface area (Å²) in [5, 5.41) is 19.7. The lowest BCUT2D eigenvalue weighted by atomic mass is 10.1. The van der Waals surface area contributed by atoms with Crippen LogP contribution in [-0.2, 0) is 0 Å². The lowest BCUT2D eigenvalue weighted by molar-refractivity contribution is -0.384. The third-order valence-electron chi connectivity index (χ3n) is 2.39. The van der Waals surface area contributed by atoms with Gasteiger partial charge in [-0.25, -0.2) is 0 Å². The first kappa shape index (κ1) is 12.0. The molecule has 1 heterocycles. The molecule has 0 aliphatic heterocycles. The molecule has 18 heavy (non-hydrogen) atoms. The second kappa shape index (κ2) is 4.82. The molecule has 0 atom stereocenters. The predicted molar refractivity (Wildman–Crippen MR) is 66.1 cm³/mol. The van der Waals surface area contributed by atoms with E-state index in [0.29, 0.717) is 16.1 Å². The van der Waals surface area contributed by atoms with Gasteiger partial charge >= 0.3 is 0 Å². The fourth-order valence-corrected chi connectivity index (χ4v) is 1.74. The molecule has 6 heteroatoms. The number of pyridine rings is 1. The van der Waals surface area contributed by atoms with Crippen molar-refractivity contribution in [1.29, 1.82) is 5.26 Å². The molecule has 0 saturated carbocycles. The first-order chi connectivity index (χ1) is 8.63. The molecule has 0 bridgehead atoms. The Morgan fingerprint density at radius 3 is 2.50 bits per heavy atom. The summed E-state index contributed by atoms with van der Waals surface area (Å²) in [5.74, 6) is 0. The van der Waals surface area contributed by atoms with E-state index < -0.39 is 4.92 Å². The van der Waals surface area contributed by atoms with Crippen LogP contribution in [0.5, 0.6) is 0 Å². The number of hydrogen-bond donors (Lipinski definition) is 0. The Kier molecular flexibility index (Phi) is 3.22. The maximum atomic E-state index is 10.5. The zero-order valence-corrected chi connectivity index (χ0v) is 9.76. The maximum Gasteiger partial charge on any atom is 0.269 e. The number of nitrogens with zero attached hydrogens (tertiary/aromatic N) is 3. The fraction of sp³-hybridized carbons (Fsp3) is 0. The van der Waals surface area contributed by atoms with E-state index in [0.717, 1.165) is 0 Å². The Balaban J connectivity index is 2.50. The van der Waals surface area contributed by atoms with Crippen molar-refractivity contribution in [3.63, 3.8) is 0 Å². The number of nitro benzene ring substituents is 1. The molecule has 2 aromatic rings. The number of non-ortho nitro benzene ring substituents is 1. The van der Waals surface area contributed by atoms with Crippen LogP contribution in [0.1, 0.15) is 5.56 Å². The number of nitriles is 1. The highest BCUT2D eigenvalue weighted by Gasteiger charge is 2.10. The average Bonchev–Trinajstić information content (AvgIpc) is 2.39. The molecule has 1 aromatic heterocycles. The van der Waals surface area contributed by atoms with Gasteiger partial charge < -0.3 is 0 Å². The van der Waals surface area contributed by atoms with E-state index in [9.17, 15) is 10.1 Å². The van der Waals surface area contributed by atoms with Crippen molar-refractivity contribution in [3.8, 4) is 17.2 Å². The monoisotopic (exact) mass is 259 g/mol. The fourth-order valence-electron chi connectivity index (χ4n) is 1.49. The average molecular weight is 260 g/mol. The number of hydrogen-bond acceptors (Lipinski definition) is 4. The van der Waals surface area contributed by atoms with Gasteiger partial charge in [-0.05, 0) is 17.7 Å². The number of rotatable bonds is 2. The smallest absolute Gasteiger partial charge is 0.263 e. The molecule has 0 aliphatic rings. The predicted octanol–water partition coefficient (Wildman–Crippen LogP) is 3.18. The molecule has 0 amide bonds. The summed E-state index contributed by atoms with van der Waals surface area (Å²) in [6.45, 7) is 0. The van der Waals surface area contributed by atoms with Crippen LogP contribution < -0.4 is 0 Å². The number of halogens is 1. The van der Waals surface area contributed by atoms with Crippen LogP contribution in [0.3, 0.4) is 0 Å². The number of nitro groups is 1. The van der Waals surface area contributed by atoms with Gasteiger partial charge in [-0.2, -0.15) is 5.26 Å². The molecule has 0 aliphatic carbocycles. The minimum Gasteiger partial charge on any atom is -0.263 e. The molecular formula is C12H6ClN3O2. The van der Waals surface area contributed by atoms with Gasteiger partial charge in [0.15, 0.2) is 0 Å². The zero-order valence-electron chi connectivity index (χ0n) is 9.00. The van der Waals surface area contributed by atoms with Crippen LogP contribution >= 0.6 is 11.6 Å². The van der Waals surface area contributed by atoms with Gasteiger partial charge in [0.1, 0.15) is 6.07 Å². The molecule has 88 valence electrons. The molecule has 0 N–H and O–H groups in total. The van der Waals surface area contributed by atoms with Crippen molar-refractivity contribution >= 4 is 17.3 Å². The first-order valence-corrected chi connectivity index (χ1v) is 5.29. The second-order valence-corrected chi connectivity index (χ2v) is 3.84. The van der Waals surface area contributed by atoms with Crippen LogP contribution in [0.15, 0.2) is 36.7 Å². The Morgan fingerprint density at radius 1 is 1.28 bits per heavy atom. The van der Waals surface area contributed by atoms with E-state index in [-0.39, 0.29) is 11.3 Å². The molecule has 5 nitrogen and oxygen atoms in total. The third kappa shape index (κ3) is 2.14. The molecule has 1 aromatic carbocycles. The van der Waals surface area contributed by atoms with Crippen LogP contribution in [-0.4, -0.2) is 9.91 Å². The molecule has 0 spiro atoms. The maximum absolute atomic E-state index is 10.5. The molecule has 2 rings (SSSR count). The molecule has 0 unspecified atom stereocenters. The van der Waals surface area contributed by atoms with Crippen molar-refractivity contribution < 1.29 is 4.92 Å². The Bertz CT molecular complexity index is 647. The van der Waals surface area contributed by atoms with Crippen molar-refractivity contribution in [1.82, 2.24) is 4.98 Å². The van der Waals surface area contributed by atoms with E-state index in [1.807, 2.05) is 6.07 Å². The summed E-state index contributed by atoms with van der Waals surface area (Å²) >= 11 is 6.05. The van der Waals surface area contributed by atoms with E-state index in [2.05, 4.69) is 4.98 Å². The van der Waals surface area contributed by atoms with E-state index in [1.165, 1.54) is 24.5 Å². The van der Waals surface area contributed by atoms with Crippen molar-refractivity contribution in [2.45, 2.75) is 0 Å². The summed E-state index contributed by atoms with van der Waals surface area (Å²) in [7, 11) is 0. The van der Waals surface area contributed by atoms with Crippen LogP contribution in [0.4, 0.5) is 5.69 Å². The second-order valence-electron chi connectivity index (χ2n) is 3.46. The highest BCUT2D eigenvalue weighted by atomic mass is 35.5. The summed E-state index contributed by atoms with van der Waals surface area (Å²) in [5.41, 5.74) is 1.52. The number of aromatic nitrogens is 1. The molecular weight excluding hydrogens is 254 g/mol. The molecule has 0 radical (unpaired) electrons. The van der Waals surface area contributed by atoms with Gasteiger partial charge in [-0.1, -0.05) is 11.6 Å². The van der Waals surface area contributed by atoms with Gasteiger partial charge in [-0.15, -0.1) is 0 Å². The third-order valence-corrected chi connectivity index (χ3v) is 2.80. The van der Waals surface area contributed by atoms with E-state index >= 15 is 0 Å². The largest absolute Gasteiger partial charge is 0.269 e. The van der Waals surface area contributed by atoms with Crippen molar-refractivity contribution in [2.75, 3.05) is 0 Å². The van der Waals surface area contributed by atoms with E-state index in [4.69, 9.17) is 16.9 Å². The highest BCUT2D eigenvalue weighted by Crippen LogP contribution is 2.30. The van der Waals surface area contributed by atoms with Crippen LogP contribution in [0.2, 0.25) is 5.02 Å². The van der Waals surface area contributed by atoms with Gasteiger partial charge in [0.25, 0.3) is 5.69 Å².